The number of aromatic nitrogens is 5. The first kappa shape index (κ1) is 19.7. The first-order valence-electron chi connectivity index (χ1n) is 11.2. The molecule has 5 nitrogen and oxygen atoms in total. The average molecular weight is 432 g/mol. The van der Waals surface area contributed by atoms with Gasteiger partial charge in [0.05, 0.1) is 22.4 Å². The van der Waals surface area contributed by atoms with Gasteiger partial charge in [-0.1, -0.05) is 24.3 Å². The summed E-state index contributed by atoms with van der Waals surface area (Å²) in [5.74, 6) is 0.725. The lowest BCUT2D eigenvalue weighted by Gasteiger charge is -2.15. The van der Waals surface area contributed by atoms with Crippen molar-refractivity contribution in [2.45, 2.75) is 34.6 Å². The van der Waals surface area contributed by atoms with Crippen molar-refractivity contribution >= 4 is 27.7 Å². The molecule has 33 heavy (non-hydrogen) atoms. The molecule has 5 heteroatoms. The fraction of sp³-hybridized carbons (Fsp3) is 0.179. The van der Waals surface area contributed by atoms with E-state index < -0.39 is 0 Å². The van der Waals surface area contributed by atoms with E-state index in [1.54, 1.807) is 6.20 Å². The molecule has 0 spiro atoms. The zero-order valence-electron chi connectivity index (χ0n) is 19.5. The highest BCUT2D eigenvalue weighted by Crippen LogP contribution is 2.36. The molecule has 0 aliphatic heterocycles. The minimum atomic E-state index is 0.725. The van der Waals surface area contributed by atoms with Gasteiger partial charge >= 0.3 is 0 Å². The van der Waals surface area contributed by atoms with Gasteiger partial charge in [-0.25, -0.2) is 15.0 Å². The van der Waals surface area contributed by atoms with Crippen LogP contribution in [0.5, 0.6) is 0 Å². The van der Waals surface area contributed by atoms with E-state index in [4.69, 9.17) is 4.98 Å². The number of fused-ring (bicyclic) bond motifs is 4. The predicted octanol–water partition coefficient (Wildman–Crippen LogP) is 6.43. The van der Waals surface area contributed by atoms with Crippen LogP contribution < -0.4 is 0 Å². The molecule has 0 saturated heterocycles. The maximum absolute atomic E-state index is 4.85. The topological polar surface area (TPSA) is 48.0 Å². The van der Waals surface area contributed by atoms with Gasteiger partial charge in [-0.2, -0.15) is 0 Å². The molecule has 0 aliphatic rings. The van der Waals surface area contributed by atoms with E-state index in [1.807, 2.05) is 13.0 Å². The number of aryl methyl sites for hydroxylation is 3. The molecule has 162 valence electrons. The van der Waals surface area contributed by atoms with Crippen molar-refractivity contribution in [1.29, 1.82) is 0 Å². The Bertz CT molecular complexity index is 1720. The van der Waals surface area contributed by atoms with E-state index in [1.165, 1.54) is 39.1 Å². The lowest BCUT2D eigenvalue weighted by molar-refractivity contribution is 1.07. The highest BCUT2D eigenvalue weighted by atomic mass is 15.1. The average Bonchev–Trinajstić information content (AvgIpc) is 3.27. The van der Waals surface area contributed by atoms with Crippen LogP contribution >= 0.6 is 0 Å². The van der Waals surface area contributed by atoms with Crippen molar-refractivity contribution < 1.29 is 0 Å². The number of para-hydroxylation sites is 2. The van der Waals surface area contributed by atoms with Crippen molar-refractivity contribution in [3.05, 3.63) is 89.0 Å². The Balaban J connectivity index is 1.72. The van der Waals surface area contributed by atoms with Crippen LogP contribution in [0.4, 0.5) is 0 Å². The van der Waals surface area contributed by atoms with E-state index in [9.17, 15) is 0 Å². The van der Waals surface area contributed by atoms with E-state index in [-0.39, 0.29) is 0 Å². The van der Waals surface area contributed by atoms with Gasteiger partial charge in [0, 0.05) is 22.8 Å². The van der Waals surface area contributed by atoms with Crippen molar-refractivity contribution in [3.63, 3.8) is 0 Å². The smallest absolute Gasteiger partial charge is 0.163 e. The summed E-state index contributed by atoms with van der Waals surface area (Å²) in [6, 6.07) is 19.1. The Kier molecular flexibility index (Phi) is 4.18. The van der Waals surface area contributed by atoms with E-state index >= 15 is 0 Å². The van der Waals surface area contributed by atoms with Gasteiger partial charge < -0.3 is 0 Å². The minimum Gasteiger partial charge on any atom is -0.298 e. The van der Waals surface area contributed by atoms with E-state index in [0.717, 1.165) is 33.8 Å². The van der Waals surface area contributed by atoms with Gasteiger partial charge in [0.25, 0.3) is 0 Å². The molecular formula is C28H25N5. The second-order valence-corrected chi connectivity index (χ2v) is 8.76. The second kappa shape index (κ2) is 7.01. The van der Waals surface area contributed by atoms with Crippen molar-refractivity contribution in [2.75, 3.05) is 0 Å². The molecule has 0 N–H and O–H groups in total. The maximum Gasteiger partial charge on any atom is 0.163 e. The summed E-state index contributed by atoms with van der Waals surface area (Å²) in [6.07, 6.45) is 1.78. The molecule has 4 heterocycles. The van der Waals surface area contributed by atoms with Crippen LogP contribution in [0.2, 0.25) is 0 Å². The van der Waals surface area contributed by atoms with E-state index in [2.05, 4.69) is 95.2 Å². The summed E-state index contributed by atoms with van der Waals surface area (Å²) in [5.41, 5.74) is 12.7. The van der Waals surface area contributed by atoms with Crippen LogP contribution in [0.25, 0.3) is 44.7 Å². The molecule has 0 radical (unpaired) electrons. The zero-order valence-corrected chi connectivity index (χ0v) is 19.5. The molecule has 0 fully saturated rings. The van der Waals surface area contributed by atoms with Gasteiger partial charge in [-0.3, -0.25) is 8.97 Å². The third-order valence-electron chi connectivity index (χ3n) is 6.95. The molecule has 6 rings (SSSR count). The van der Waals surface area contributed by atoms with Crippen LogP contribution in [0, 0.1) is 34.6 Å². The first-order valence-corrected chi connectivity index (χ1v) is 11.2. The summed E-state index contributed by atoms with van der Waals surface area (Å²) >= 11 is 0. The molecular weight excluding hydrogens is 406 g/mol. The number of imidazole rings is 1. The highest BCUT2D eigenvalue weighted by Gasteiger charge is 2.21. The summed E-state index contributed by atoms with van der Waals surface area (Å²) in [4.78, 5) is 13.9. The number of nitrogens with zero attached hydrogens (tertiary/aromatic N) is 5. The molecule has 0 saturated carbocycles. The summed E-state index contributed by atoms with van der Waals surface area (Å²) < 4.78 is 4.79. The summed E-state index contributed by atoms with van der Waals surface area (Å²) in [6.45, 7) is 10.8. The highest BCUT2D eigenvalue weighted by molar-refractivity contribution is 5.93. The number of pyridine rings is 1. The van der Waals surface area contributed by atoms with Gasteiger partial charge in [-0.05, 0) is 81.6 Å². The molecule has 0 bridgehead atoms. The third-order valence-corrected chi connectivity index (χ3v) is 6.95. The van der Waals surface area contributed by atoms with Crippen LogP contribution in [0.1, 0.15) is 28.2 Å². The monoisotopic (exact) mass is 431 g/mol. The predicted molar refractivity (Wildman–Crippen MR) is 134 cm³/mol. The SMILES string of the molecule is Cc1nc(-c2cccc(-n3c4ccccc4n4c(C)c(C)c(C)c34)c2C)c2cccnc2n1. The number of hydrogen-bond acceptors (Lipinski definition) is 3. The molecule has 0 atom stereocenters. The largest absolute Gasteiger partial charge is 0.298 e. The number of rotatable bonds is 2. The Hall–Kier alpha value is -3.99. The van der Waals surface area contributed by atoms with Crippen molar-refractivity contribution in [3.8, 4) is 16.9 Å². The maximum atomic E-state index is 4.85. The Morgan fingerprint density at radius 2 is 1.48 bits per heavy atom. The Morgan fingerprint density at radius 3 is 2.30 bits per heavy atom. The fourth-order valence-corrected chi connectivity index (χ4v) is 5.09. The lowest BCUT2D eigenvalue weighted by atomic mass is 10.0. The van der Waals surface area contributed by atoms with Crippen LogP contribution in [-0.4, -0.2) is 23.9 Å². The summed E-state index contributed by atoms with van der Waals surface area (Å²) in [7, 11) is 0. The van der Waals surface area contributed by atoms with Gasteiger partial charge in [0.15, 0.2) is 5.65 Å². The molecule has 6 aromatic rings. The van der Waals surface area contributed by atoms with Crippen LogP contribution in [-0.2, 0) is 0 Å². The molecule has 0 amide bonds. The lowest BCUT2D eigenvalue weighted by Crippen LogP contribution is -2.02. The first-order chi connectivity index (χ1) is 16.0. The molecule has 4 aromatic heterocycles. The van der Waals surface area contributed by atoms with Crippen LogP contribution in [0.15, 0.2) is 60.8 Å². The van der Waals surface area contributed by atoms with Crippen molar-refractivity contribution in [2.24, 2.45) is 0 Å². The Labute approximate surface area is 192 Å². The minimum absolute atomic E-state index is 0.725. The molecule has 0 unspecified atom stereocenters. The number of benzene rings is 2. The fourth-order valence-electron chi connectivity index (χ4n) is 5.09. The molecule has 0 aliphatic carbocycles. The number of hydrogen-bond donors (Lipinski definition) is 0. The summed E-state index contributed by atoms with van der Waals surface area (Å²) in [5, 5.41) is 0.969. The zero-order chi connectivity index (χ0) is 22.9. The van der Waals surface area contributed by atoms with Crippen LogP contribution in [0.3, 0.4) is 0 Å². The Morgan fingerprint density at radius 1 is 0.697 bits per heavy atom. The third kappa shape index (κ3) is 2.68. The van der Waals surface area contributed by atoms with Crippen molar-refractivity contribution in [1.82, 2.24) is 23.9 Å². The quantitative estimate of drug-likeness (QED) is 0.317. The van der Waals surface area contributed by atoms with Gasteiger partial charge in [-0.15, -0.1) is 0 Å². The van der Waals surface area contributed by atoms with Gasteiger partial charge in [0.2, 0.25) is 0 Å². The second-order valence-electron chi connectivity index (χ2n) is 8.76. The molecule has 2 aromatic carbocycles. The van der Waals surface area contributed by atoms with E-state index in [0.29, 0.717) is 0 Å². The standard InChI is InChI=1S/C28H25N5/c1-16-17(2)28-32(19(16)4)24-12-6-7-13-25(24)33(28)23-14-8-10-21(18(23)3)26-22-11-9-15-29-27(22)31-20(5)30-26/h6-15H,1-5H3. The normalized spacial score (nSPS) is 11.8. The van der Waals surface area contributed by atoms with Gasteiger partial charge in [0.1, 0.15) is 11.5 Å².